The minimum absolute atomic E-state index is 0.0303. The molecule has 7 heteroatoms. The highest BCUT2D eigenvalue weighted by atomic mass is 16.5. The summed E-state index contributed by atoms with van der Waals surface area (Å²) >= 11 is 0. The maximum atomic E-state index is 12.6. The fourth-order valence-electron chi connectivity index (χ4n) is 2.76. The third-order valence-electron chi connectivity index (χ3n) is 4.25. The standard InChI is InChI=1S/C17H25N3O4/c1-18-15(21)10-17(23-2)12-20(8-9-24-13-17)16(22)6-5-14-4-3-7-19-11-14/h3-4,7,11H,5-6,8-10,12-13H2,1-2H3,(H,18,21)/t17-/m0/s1. The molecule has 0 radical (unpaired) electrons. The minimum atomic E-state index is -0.805. The van der Waals surface area contributed by atoms with Crippen molar-refractivity contribution in [3.8, 4) is 0 Å². The molecule has 2 heterocycles. The van der Waals surface area contributed by atoms with E-state index in [1.165, 1.54) is 0 Å². The zero-order valence-corrected chi connectivity index (χ0v) is 14.3. The summed E-state index contributed by atoms with van der Waals surface area (Å²) in [5.41, 5.74) is 0.223. The summed E-state index contributed by atoms with van der Waals surface area (Å²) in [4.78, 5) is 30.2. The molecule has 0 aliphatic carbocycles. The van der Waals surface area contributed by atoms with E-state index in [2.05, 4.69) is 10.3 Å². The highest BCUT2D eigenvalue weighted by molar-refractivity contribution is 5.78. The smallest absolute Gasteiger partial charge is 0.223 e. The summed E-state index contributed by atoms with van der Waals surface area (Å²) in [5, 5.41) is 2.60. The first-order valence-corrected chi connectivity index (χ1v) is 8.09. The van der Waals surface area contributed by atoms with Crippen LogP contribution in [0.1, 0.15) is 18.4 Å². The van der Waals surface area contributed by atoms with Crippen molar-refractivity contribution in [2.24, 2.45) is 0 Å². The Labute approximate surface area is 142 Å². The van der Waals surface area contributed by atoms with Gasteiger partial charge in [-0.3, -0.25) is 14.6 Å². The molecule has 1 N–H and O–H groups in total. The molecule has 2 rings (SSSR count). The highest BCUT2D eigenvalue weighted by Gasteiger charge is 2.38. The van der Waals surface area contributed by atoms with E-state index < -0.39 is 5.60 Å². The van der Waals surface area contributed by atoms with E-state index in [1.54, 1.807) is 31.5 Å². The Morgan fingerprint density at radius 2 is 2.33 bits per heavy atom. The van der Waals surface area contributed by atoms with Gasteiger partial charge >= 0.3 is 0 Å². The molecular formula is C17H25N3O4. The number of hydrogen-bond donors (Lipinski definition) is 1. The van der Waals surface area contributed by atoms with Gasteiger partial charge in [-0.1, -0.05) is 6.07 Å². The Morgan fingerprint density at radius 1 is 1.50 bits per heavy atom. The summed E-state index contributed by atoms with van der Waals surface area (Å²) in [5.74, 6) is -0.104. The molecule has 1 fully saturated rings. The van der Waals surface area contributed by atoms with Gasteiger partial charge in [0.1, 0.15) is 5.60 Å². The predicted octanol–water partition coefficient (Wildman–Crippen LogP) is 0.394. The van der Waals surface area contributed by atoms with Gasteiger partial charge in [0.2, 0.25) is 11.8 Å². The molecule has 0 bridgehead atoms. The van der Waals surface area contributed by atoms with Crippen LogP contribution < -0.4 is 5.32 Å². The van der Waals surface area contributed by atoms with Crippen molar-refractivity contribution in [3.63, 3.8) is 0 Å². The Morgan fingerprint density at radius 3 is 3.00 bits per heavy atom. The number of aromatic nitrogens is 1. The zero-order chi connectivity index (χ0) is 17.4. The molecule has 1 aliphatic rings. The van der Waals surface area contributed by atoms with Gasteiger partial charge < -0.3 is 19.7 Å². The van der Waals surface area contributed by atoms with Gasteiger partial charge in [0.15, 0.2) is 0 Å². The largest absolute Gasteiger partial charge is 0.377 e. The van der Waals surface area contributed by atoms with Gasteiger partial charge in [0, 0.05) is 39.5 Å². The maximum Gasteiger partial charge on any atom is 0.223 e. The summed E-state index contributed by atoms with van der Waals surface area (Å²) in [6, 6.07) is 3.82. The van der Waals surface area contributed by atoms with Crippen molar-refractivity contribution in [2.75, 3.05) is 40.5 Å². The molecule has 0 spiro atoms. The van der Waals surface area contributed by atoms with Crippen molar-refractivity contribution in [1.29, 1.82) is 0 Å². The number of hydrogen-bond acceptors (Lipinski definition) is 5. The average molecular weight is 335 g/mol. The first-order chi connectivity index (χ1) is 11.6. The van der Waals surface area contributed by atoms with Crippen molar-refractivity contribution in [3.05, 3.63) is 30.1 Å². The summed E-state index contributed by atoms with van der Waals surface area (Å²) in [6.07, 6.45) is 4.67. The Balaban J connectivity index is 1.99. The number of carbonyl (C=O) groups excluding carboxylic acids is 2. The third kappa shape index (κ3) is 5.01. The van der Waals surface area contributed by atoms with E-state index >= 15 is 0 Å². The molecule has 1 aromatic rings. The number of methoxy groups -OCH3 is 1. The third-order valence-corrected chi connectivity index (χ3v) is 4.25. The summed E-state index contributed by atoms with van der Waals surface area (Å²) in [6.45, 7) is 1.59. The number of carbonyl (C=O) groups is 2. The molecule has 132 valence electrons. The molecule has 1 atom stereocenters. The van der Waals surface area contributed by atoms with Gasteiger partial charge in [0.25, 0.3) is 0 Å². The van der Waals surface area contributed by atoms with E-state index in [0.717, 1.165) is 5.56 Å². The summed E-state index contributed by atoms with van der Waals surface area (Å²) in [7, 11) is 3.13. The second-order valence-electron chi connectivity index (χ2n) is 5.97. The Bertz CT molecular complexity index is 552. The molecule has 0 aromatic carbocycles. The van der Waals surface area contributed by atoms with Crippen molar-refractivity contribution in [1.82, 2.24) is 15.2 Å². The first-order valence-electron chi connectivity index (χ1n) is 8.09. The molecule has 1 aliphatic heterocycles. The minimum Gasteiger partial charge on any atom is -0.377 e. The SMILES string of the molecule is CNC(=O)C[C@@]1(OC)COCCN(C(=O)CCc2cccnc2)C1. The van der Waals surface area contributed by atoms with Crippen LogP contribution in [0, 0.1) is 0 Å². The molecule has 0 saturated carbocycles. The van der Waals surface area contributed by atoms with Crippen molar-refractivity contribution < 1.29 is 19.1 Å². The first kappa shape index (κ1) is 18.4. The van der Waals surface area contributed by atoms with E-state index in [9.17, 15) is 9.59 Å². The van der Waals surface area contributed by atoms with Crippen LogP contribution in [0.25, 0.3) is 0 Å². The molecule has 1 aromatic heterocycles. The molecule has 7 nitrogen and oxygen atoms in total. The van der Waals surface area contributed by atoms with E-state index in [-0.39, 0.29) is 18.2 Å². The van der Waals surface area contributed by atoms with Gasteiger partial charge in [0.05, 0.1) is 26.2 Å². The lowest BCUT2D eigenvalue weighted by molar-refractivity contribution is -0.140. The number of amides is 2. The van der Waals surface area contributed by atoms with Gasteiger partial charge in [-0.25, -0.2) is 0 Å². The van der Waals surface area contributed by atoms with E-state index in [1.807, 2.05) is 12.1 Å². The van der Waals surface area contributed by atoms with E-state index in [0.29, 0.717) is 39.1 Å². The number of ether oxygens (including phenoxy) is 2. The van der Waals surface area contributed by atoms with Gasteiger partial charge in [-0.05, 0) is 18.1 Å². The fourth-order valence-corrected chi connectivity index (χ4v) is 2.76. The Hall–Kier alpha value is -1.99. The van der Waals surface area contributed by atoms with Crippen LogP contribution in [0.3, 0.4) is 0 Å². The van der Waals surface area contributed by atoms with Crippen LogP contribution in [0.4, 0.5) is 0 Å². The normalized spacial score (nSPS) is 21.2. The van der Waals surface area contributed by atoms with Crippen LogP contribution in [-0.4, -0.2) is 67.8 Å². The monoisotopic (exact) mass is 335 g/mol. The summed E-state index contributed by atoms with van der Waals surface area (Å²) < 4.78 is 11.2. The number of nitrogens with zero attached hydrogens (tertiary/aromatic N) is 2. The number of aryl methyl sites for hydroxylation is 1. The van der Waals surface area contributed by atoms with Crippen molar-refractivity contribution >= 4 is 11.8 Å². The van der Waals surface area contributed by atoms with E-state index in [4.69, 9.17) is 9.47 Å². The molecule has 24 heavy (non-hydrogen) atoms. The van der Waals surface area contributed by atoms with Crippen LogP contribution in [0.15, 0.2) is 24.5 Å². The van der Waals surface area contributed by atoms with Crippen LogP contribution in [-0.2, 0) is 25.5 Å². The highest BCUT2D eigenvalue weighted by Crippen LogP contribution is 2.21. The average Bonchev–Trinajstić information content (AvgIpc) is 2.83. The predicted molar refractivity (Wildman–Crippen MR) is 88.4 cm³/mol. The zero-order valence-electron chi connectivity index (χ0n) is 14.3. The number of nitrogens with one attached hydrogen (secondary N) is 1. The molecule has 1 saturated heterocycles. The van der Waals surface area contributed by atoms with Crippen molar-refractivity contribution in [2.45, 2.75) is 24.9 Å². The topological polar surface area (TPSA) is 80.8 Å². The second kappa shape index (κ2) is 8.75. The number of pyridine rings is 1. The quantitative estimate of drug-likeness (QED) is 0.814. The number of rotatable bonds is 6. The molecular weight excluding hydrogens is 310 g/mol. The maximum absolute atomic E-state index is 12.6. The molecule has 2 amide bonds. The lowest BCUT2D eigenvalue weighted by Crippen LogP contribution is -2.50. The molecule has 0 unspecified atom stereocenters. The van der Waals surface area contributed by atoms with Crippen LogP contribution in [0.5, 0.6) is 0 Å². The lowest BCUT2D eigenvalue weighted by atomic mass is 9.98. The van der Waals surface area contributed by atoms with Crippen LogP contribution in [0.2, 0.25) is 0 Å². The Kier molecular flexibility index (Phi) is 6.69. The second-order valence-corrected chi connectivity index (χ2v) is 5.97. The lowest BCUT2D eigenvalue weighted by Gasteiger charge is -2.33. The van der Waals surface area contributed by atoms with Gasteiger partial charge in [-0.15, -0.1) is 0 Å². The van der Waals surface area contributed by atoms with Gasteiger partial charge in [-0.2, -0.15) is 0 Å². The van der Waals surface area contributed by atoms with Crippen LogP contribution >= 0.6 is 0 Å². The fraction of sp³-hybridized carbons (Fsp3) is 0.588.